The van der Waals surface area contributed by atoms with Crippen molar-refractivity contribution in [3.8, 4) is 0 Å². The molecule has 0 spiro atoms. The number of alkyl halides is 3. The molecule has 1 aromatic carbocycles. The van der Waals surface area contributed by atoms with Crippen molar-refractivity contribution in [2.24, 2.45) is 15.9 Å². The quantitative estimate of drug-likeness (QED) is 0.648. The highest BCUT2D eigenvalue weighted by Gasteiger charge is 2.39. The van der Waals surface area contributed by atoms with Gasteiger partial charge < -0.3 is 15.4 Å². The van der Waals surface area contributed by atoms with Gasteiger partial charge in [0.05, 0.1) is 19.4 Å². The molecule has 0 saturated carbocycles. The zero-order chi connectivity index (χ0) is 24.3. The number of morpholine rings is 1. The van der Waals surface area contributed by atoms with Crippen LogP contribution in [-0.4, -0.2) is 77.9 Å². The lowest BCUT2D eigenvalue weighted by atomic mass is 9.95. The third-order valence-electron chi connectivity index (χ3n) is 6.67. The zero-order valence-corrected chi connectivity index (χ0v) is 19.6. The van der Waals surface area contributed by atoms with Gasteiger partial charge in [-0.15, -0.1) is 10.2 Å². The highest BCUT2D eigenvalue weighted by molar-refractivity contribution is 6.30. The van der Waals surface area contributed by atoms with Gasteiger partial charge in [-0.3, -0.25) is 9.69 Å². The van der Waals surface area contributed by atoms with Crippen LogP contribution in [0.3, 0.4) is 0 Å². The maximum absolute atomic E-state index is 12.6. The first kappa shape index (κ1) is 24.9. The molecule has 3 aliphatic heterocycles. The molecule has 0 aliphatic carbocycles. The van der Waals surface area contributed by atoms with Crippen LogP contribution in [-0.2, 0) is 16.0 Å². The number of halogens is 4. The van der Waals surface area contributed by atoms with Gasteiger partial charge in [0, 0.05) is 43.2 Å². The first-order valence-electron chi connectivity index (χ1n) is 11.5. The number of hydrogen-bond acceptors (Lipinski definition) is 7. The summed E-state index contributed by atoms with van der Waals surface area (Å²) in [6.45, 7) is 2.16. The number of Topliss-reactive ketones (excluding diaryl/α,β-unsaturated/α-hetero) is 1. The predicted molar refractivity (Wildman–Crippen MR) is 124 cm³/mol. The standard InChI is InChI=1S/C23H29ClF3N5O2/c24-16-3-1-15(2-4-16)11-18-14-34-20(19(33)5-8-23(25,26)27)13-32(18)17-6-9-31(10-7-17)22-12-21(28)29-30-22/h1-4,17-18,20H,5-14H2,(H2,28,29)/t18-,20+/m0/s1. The van der Waals surface area contributed by atoms with E-state index in [1.807, 2.05) is 24.3 Å². The number of nitrogens with zero attached hydrogens (tertiary/aromatic N) is 4. The van der Waals surface area contributed by atoms with Crippen molar-refractivity contribution in [1.29, 1.82) is 0 Å². The van der Waals surface area contributed by atoms with Crippen LogP contribution in [0.5, 0.6) is 0 Å². The number of ether oxygens (including phenoxy) is 1. The third-order valence-corrected chi connectivity index (χ3v) is 6.92. The Kier molecular flexibility index (Phi) is 7.79. The van der Waals surface area contributed by atoms with Gasteiger partial charge >= 0.3 is 6.18 Å². The van der Waals surface area contributed by atoms with Crippen molar-refractivity contribution in [3.63, 3.8) is 0 Å². The molecule has 2 atom stereocenters. The lowest BCUT2D eigenvalue weighted by Gasteiger charge is -2.46. The molecule has 1 aromatic rings. The first-order valence-corrected chi connectivity index (χ1v) is 11.9. The molecule has 7 nitrogen and oxygen atoms in total. The van der Waals surface area contributed by atoms with E-state index in [0.29, 0.717) is 36.9 Å². The van der Waals surface area contributed by atoms with Crippen LogP contribution in [0, 0.1) is 0 Å². The van der Waals surface area contributed by atoms with E-state index >= 15 is 0 Å². The van der Waals surface area contributed by atoms with E-state index in [4.69, 9.17) is 22.1 Å². The number of hydrogen-bond donors (Lipinski definition) is 1. The summed E-state index contributed by atoms with van der Waals surface area (Å²) in [6.07, 6.45) is -3.91. The highest BCUT2D eigenvalue weighted by Crippen LogP contribution is 2.28. The van der Waals surface area contributed by atoms with Crippen LogP contribution in [0.25, 0.3) is 0 Å². The monoisotopic (exact) mass is 499 g/mol. The van der Waals surface area contributed by atoms with E-state index in [1.54, 1.807) is 0 Å². The van der Waals surface area contributed by atoms with E-state index < -0.39 is 30.9 Å². The molecule has 0 amide bonds. The maximum Gasteiger partial charge on any atom is 0.389 e. The molecule has 0 aromatic heterocycles. The number of benzene rings is 1. The SMILES string of the molecule is NC1=NN=C(N2CCC(N3C[C@H](C(=O)CCC(F)(F)F)OC[C@@H]3Cc3ccc(Cl)cc3)CC2)C1. The molecule has 2 saturated heterocycles. The fourth-order valence-corrected chi connectivity index (χ4v) is 4.96. The summed E-state index contributed by atoms with van der Waals surface area (Å²) >= 11 is 6.01. The fraction of sp³-hybridized carbons (Fsp3) is 0.609. The van der Waals surface area contributed by atoms with Gasteiger partial charge in [-0.05, 0) is 37.0 Å². The minimum atomic E-state index is -4.36. The Labute approximate surface area is 201 Å². The number of ketones is 1. The van der Waals surface area contributed by atoms with Crippen LogP contribution in [0.4, 0.5) is 13.2 Å². The summed E-state index contributed by atoms with van der Waals surface area (Å²) in [5.74, 6) is 0.891. The molecule has 3 heterocycles. The topological polar surface area (TPSA) is 83.5 Å². The maximum atomic E-state index is 12.6. The second-order valence-electron chi connectivity index (χ2n) is 9.09. The molecule has 186 valence electrons. The number of rotatable bonds is 6. The second-order valence-corrected chi connectivity index (χ2v) is 9.52. The van der Waals surface area contributed by atoms with Crippen molar-refractivity contribution < 1.29 is 22.7 Å². The Morgan fingerprint density at radius 3 is 2.50 bits per heavy atom. The Morgan fingerprint density at radius 1 is 1.18 bits per heavy atom. The summed E-state index contributed by atoms with van der Waals surface area (Å²) in [4.78, 5) is 17.0. The summed E-state index contributed by atoms with van der Waals surface area (Å²) < 4.78 is 43.7. The summed E-state index contributed by atoms with van der Waals surface area (Å²) in [5, 5.41) is 8.73. The van der Waals surface area contributed by atoms with Crippen molar-refractivity contribution in [2.75, 3.05) is 26.2 Å². The van der Waals surface area contributed by atoms with Gasteiger partial charge in [0.25, 0.3) is 0 Å². The summed E-state index contributed by atoms with van der Waals surface area (Å²) in [7, 11) is 0. The predicted octanol–water partition coefficient (Wildman–Crippen LogP) is 3.40. The molecule has 4 rings (SSSR count). The first-order chi connectivity index (χ1) is 16.2. The number of carbonyl (C=O) groups excluding carboxylic acids is 1. The minimum Gasteiger partial charge on any atom is -0.385 e. The Morgan fingerprint density at radius 2 is 1.88 bits per heavy atom. The van der Waals surface area contributed by atoms with Gasteiger partial charge in [0.1, 0.15) is 17.8 Å². The van der Waals surface area contributed by atoms with Crippen LogP contribution in [0.1, 0.15) is 37.7 Å². The van der Waals surface area contributed by atoms with E-state index in [2.05, 4.69) is 20.0 Å². The third kappa shape index (κ3) is 6.49. The van der Waals surface area contributed by atoms with E-state index in [9.17, 15) is 18.0 Å². The Bertz CT molecular complexity index is 930. The van der Waals surface area contributed by atoms with Gasteiger partial charge in [-0.1, -0.05) is 23.7 Å². The molecule has 3 aliphatic rings. The molecule has 2 N–H and O–H groups in total. The van der Waals surface area contributed by atoms with Crippen molar-refractivity contribution in [2.45, 2.75) is 62.9 Å². The Balaban J connectivity index is 1.42. The molecular weight excluding hydrogens is 471 g/mol. The number of piperidine rings is 1. The fourth-order valence-electron chi connectivity index (χ4n) is 4.84. The van der Waals surface area contributed by atoms with Gasteiger partial charge in [-0.25, -0.2) is 0 Å². The van der Waals surface area contributed by atoms with Crippen molar-refractivity contribution >= 4 is 29.1 Å². The van der Waals surface area contributed by atoms with E-state index in [1.165, 1.54) is 0 Å². The van der Waals surface area contributed by atoms with Gasteiger partial charge in [0.15, 0.2) is 5.78 Å². The van der Waals surface area contributed by atoms with Crippen LogP contribution >= 0.6 is 11.6 Å². The molecule has 2 fully saturated rings. The van der Waals surface area contributed by atoms with Crippen molar-refractivity contribution in [1.82, 2.24) is 9.80 Å². The average Bonchev–Trinajstić information content (AvgIpc) is 3.25. The average molecular weight is 500 g/mol. The summed E-state index contributed by atoms with van der Waals surface area (Å²) in [6, 6.07) is 7.81. The molecule has 0 radical (unpaired) electrons. The molecule has 34 heavy (non-hydrogen) atoms. The zero-order valence-electron chi connectivity index (χ0n) is 18.8. The van der Waals surface area contributed by atoms with Gasteiger partial charge in [0.2, 0.25) is 0 Å². The minimum absolute atomic E-state index is 0.0205. The molecule has 0 unspecified atom stereocenters. The van der Waals surface area contributed by atoms with E-state index in [-0.39, 0.29) is 12.1 Å². The summed E-state index contributed by atoms with van der Waals surface area (Å²) in [5.41, 5.74) is 6.84. The van der Waals surface area contributed by atoms with Crippen molar-refractivity contribution in [3.05, 3.63) is 34.9 Å². The molecular formula is C23H29ClF3N5O2. The lowest BCUT2D eigenvalue weighted by molar-refractivity contribution is -0.155. The smallest absolute Gasteiger partial charge is 0.385 e. The lowest BCUT2D eigenvalue weighted by Crippen LogP contribution is -2.58. The van der Waals surface area contributed by atoms with Crippen LogP contribution in [0.15, 0.2) is 34.5 Å². The number of carbonyl (C=O) groups is 1. The second kappa shape index (κ2) is 10.6. The number of nitrogens with two attached hydrogens (primary N) is 1. The van der Waals surface area contributed by atoms with Crippen LogP contribution in [0.2, 0.25) is 5.02 Å². The van der Waals surface area contributed by atoms with Gasteiger partial charge in [-0.2, -0.15) is 13.2 Å². The van der Waals surface area contributed by atoms with Crippen LogP contribution < -0.4 is 5.73 Å². The highest BCUT2D eigenvalue weighted by atomic mass is 35.5. The largest absolute Gasteiger partial charge is 0.389 e. The molecule has 11 heteroatoms. The molecule has 0 bridgehead atoms. The normalized spacial score (nSPS) is 24.8. The number of amidine groups is 2. The van der Waals surface area contributed by atoms with E-state index in [0.717, 1.165) is 37.3 Å². The Hall–Kier alpha value is -2.17. The number of likely N-dealkylation sites (tertiary alicyclic amines) is 1.